The zero-order valence-electron chi connectivity index (χ0n) is 10.7. The van der Waals surface area contributed by atoms with Crippen molar-refractivity contribution in [2.75, 3.05) is 19.5 Å². The lowest BCUT2D eigenvalue weighted by Gasteiger charge is -2.10. The Bertz CT molecular complexity index is 402. The van der Waals surface area contributed by atoms with Gasteiger partial charge < -0.3 is 9.47 Å². The van der Waals surface area contributed by atoms with Crippen LogP contribution < -0.4 is 4.74 Å². The van der Waals surface area contributed by atoms with Crippen LogP contribution in [0.2, 0.25) is 0 Å². The predicted molar refractivity (Wildman–Crippen MR) is 69.8 cm³/mol. The molecule has 0 fully saturated rings. The van der Waals surface area contributed by atoms with Crippen molar-refractivity contribution in [3.05, 3.63) is 23.3 Å². The van der Waals surface area contributed by atoms with Crippen LogP contribution in [-0.4, -0.2) is 25.4 Å². The third-order valence-corrected chi connectivity index (χ3v) is 3.47. The van der Waals surface area contributed by atoms with E-state index in [0.717, 1.165) is 21.8 Å². The van der Waals surface area contributed by atoms with E-state index in [-0.39, 0.29) is 5.97 Å². The summed E-state index contributed by atoms with van der Waals surface area (Å²) in [6, 6.07) is 4.03. The molecule has 0 aliphatic heterocycles. The van der Waals surface area contributed by atoms with Crippen molar-refractivity contribution in [2.45, 2.75) is 25.7 Å². The number of rotatable bonds is 5. The minimum absolute atomic E-state index is 0.176. The summed E-state index contributed by atoms with van der Waals surface area (Å²) >= 11 is 1.50. The van der Waals surface area contributed by atoms with Crippen LogP contribution in [0, 0.1) is 13.8 Å². The van der Waals surface area contributed by atoms with Crippen molar-refractivity contribution in [3.63, 3.8) is 0 Å². The van der Waals surface area contributed by atoms with Crippen molar-refractivity contribution in [1.29, 1.82) is 0 Å². The van der Waals surface area contributed by atoms with Gasteiger partial charge >= 0.3 is 5.97 Å². The van der Waals surface area contributed by atoms with Crippen molar-refractivity contribution in [2.24, 2.45) is 0 Å². The van der Waals surface area contributed by atoms with Gasteiger partial charge in [-0.25, -0.2) is 0 Å². The maximum absolute atomic E-state index is 11.3. The van der Waals surface area contributed by atoms with E-state index in [2.05, 4.69) is 0 Å². The molecular weight excluding hydrogens is 236 g/mol. The molecule has 3 nitrogen and oxygen atoms in total. The highest BCUT2D eigenvalue weighted by Crippen LogP contribution is 2.29. The second kappa shape index (κ2) is 6.55. The number of hydrogen-bond donors (Lipinski definition) is 0. The molecule has 0 aliphatic carbocycles. The molecular formula is C13H18O3S. The number of thioether (sulfide) groups is 1. The van der Waals surface area contributed by atoms with Gasteiger partial charge in [-0.3, -0.25) is 4.79 Å². The number of aryl methyl sites for hydroxylation is 2. The standard InChI is InChI=1S/C13H18O3S/c1-5-16-13(14)8-17-12-7-9(2)11(15-4)6-10(12)3/h6-7H,5,8H2,1-4H3. The number of hydrogen-bond acceptors (Lipinski definition) is 4. The van der Waals surface area contributed by atoms with Crippen LogP contribution in [0.15, 0.2) is 17.0 Å². The smallest absolute Gasteiger partial charge is 0.316 e. The molecule has 0 radical (unpaired) electrons. The van der Waals surface area contributed by atoms with Gasteiger partial charge in [-0.2, -0.15) is 0 Å². The molecule has 1 aromatic rings. The zero-order valence-corrected chi connectivity index (χ0v) is 11.5. The average Bonchev–Trinajstić information content (AvgIpc) is 2.30. The molecule has 0 amide bonds. The summed E-state index contributed by atoms with van der Waals surface area (Å²) < 4.78 is 10.1. The van der Waals surface area contributed by atoms with Gasteiger partial charge in [0.25, 0.3) is 0 Å². The number of ether oxygens (including phenoxy) is 2. The summed E-state index contributed by atoms with van der Waals surface area (Å²) in [5.41, 5.74) is 2.19. The second-order valence-corrected chi connectivity index (χ2v) is 4.70. The highest BCUT2D eigenvalue weighted by atomic mass is 32.2. The Labute approximate surface area is 106 Å². The van der Waals surface area contributed by atoms with Crippen LogP contribution in [0.3, 0.4) is 0 Å². The molecule has 94 valence electrons. The number of esters is 1. The van der Waals surface area contributed by atoms with Crippen molar-refractivity contribution in [3.8, 4) is 5.75 Å². The SMILES string of the molecule is CCOC(=O)CSc1cc(C)c(OC)cc1C. The average molecular weight is 254 g/mol. The van der Waals surface area contributed by atoms with E-state index in [1.165, 1.54) is 11.8 Å². The first-order valence-electron chi connectivity index (χ1n) is 5.52. The molecule has 0 heterocycles. The molecule has 1 aromatic carbocycles. The quantitative estimate of drug-likeness (QED) is 0.598. The fourth-order valence-electron chi connectivity index (χ4n) is 1.48. The Morgan fingerprint density at radius 3 is 2.59 bits per heavy atom. The fraction of sp³-hybridized carbons (Fsp3) is 0.462. The molecule has 0 atom stereocenters. The molecule has 1 rings (SSSR count). The number of methoxy groups -OCH3 is 1. The summed E-state index contributed by atoms with van der Waals surface area (Å²) in [5.74, 6) is 1.05. The second-order valence-electron chi connectivity index (χ2n) is 3.68. The van der Waals surface area contributed by atoms with Gasteiger partial charge in [-0.1, -0.05) is 0 Å². The predicted octanol–water partition coefficient (Wildman–Crippen LogP) is 2.97. The highest BCUT2D eigenvalue weighted by Gasteiger charge is 2.08. The van der Waals surface area contributed by atoms with Gasteiger partial charge in [0, 0.05) is 4.90 Å². The third kappa shape index (κ3) is 3.97. The maximum atomic E-state index is 11.3. The minimum Gasteiger partial charge on any atom is -0.496 e. The van der Waals surface area contributed by atoms with Gasteiger partial charge in [0.2, 0.25) is 0 Å². The van der Waals surface area contributed by atoms with Crippen LogP contribution in [0.4, 0.5) is 0 Å². The lowest BCUT2D eigenvalue weighted by Crippen LogP contribution is -2.06. The number of carbonyl (C=O) groups excluding carboxylic acids is 1. The van der Waals surface area contributed by atoms with Crippen LogP contribution >= 0.6 is 11.8 Å². The lowest BCUT2D eigenvalue weighted by molar-refractivity contribution is -0.139. The van der Waals surface area contributed by atoms with E-state index in [0.29, 0.717) is 12.4 Å². The van der Waals surface area contributed by atoms with Gasteiger partial charge in [-0.05, 0) is 44.0 Å². The summed E-state index contributed by atoms with van der Waals surface area (Å²) in [5, 5.41) is 0. The van der Waals surface area contributed by atoms with Gasteiger partial charge in [0.05, 0.1) is 19.5 Å². The molecule has 0 bridgehead atoms. The molecule has 0 aromatic heterocycles. The molecule has 0 spiro atoms. The van der Waals surface area contributed by atoms with Crippen molar-refractivity contribution >= 4 is 17.7 Å². The van der Waals surface area contributed by atoms with Crippen LogP contribution in [0.25, 0.3) is 0 Å². The Morgan fingerprint density at radius 1 is 1.29 bits per heavy atom. The molecule has 17 heavy (non-hydrogen) atoms. The Morgan fingerprint density at radius 2 is 2.00 bits per heavy atom. The zero-order chi connectivity index (χ0) is 12.8. The van der Waals surface area contributed by atoms with E-state index >= 15 is 0 Å². The Hall–Kier alpha value is -1.16. The summed E-state index contributed by atoms with van der Waals surface area (Å²) in [6.07, 6.45) is 0. The largest absolute Gasteiger partial charge is 0.496 e. The molecule has 4 heteroatoms. The van der Waals surface area contributed by atoms with E-state index in [9.17, 15) is 4.79 Å². The monoisotopic (exact) mass is 254 g/mol. The van der Waals surface area contributed by atoms with Gasteiger partial charge in [-0.15, -0.1) is 11.8 Å². The van der Waals surface area contributed by atoms with Crippen LogP contribution in [0.1, 0.15) is 18.1 Å². The van der Waals surface area contributed by atoms with Gasteiger partial charge in [0.15, 0.2) is 0 Å². The normalized spacial score (nSPS) is 10.1. The van der Waals surface area contributed by atoms with E-state index in [4.69, 9.17) is 9.47 Å². The van der Waals surface area contributed by atoms with Crippen molar-refractivity contribution in [1.82, 2.24) is 0 Å². The van der Waals surface area contributed by atoms with E-state index in [1.807, 2.05) is 32.9 Å². The minimum atomic E-state index is -0.176. The first-order valence-corrected chi connectivity index (χ1v) is 6.50. The lowest BCUT2D eigenvalue weighted by atomic mass is 10.1. The topological polar surface area (TPSA) is 35.5 Å². The summed E-state index contributed by atoms with van der Waals surface area (Å²) in [4.78, 5) is 12.4. The van der Waals surface area contributed by atoms with E-state index < -0.39 is 0 Å². The summed E-state index contributed by atoms with van der Waals surface area (Å²) in [7, 11) is 1.66. The van der Waals surface area contributed by atoms with E-state index in [1.54, 1.807) is 7.11 Å². The van der Waals surface area contributed by atoms with Crippen molar-refractivity contribution < 1.29 is 14.3 Å². The number of benzene rings is 1. The first-order chi connectivity index (χ1) is 8.08. The summed E-state index contributed by atoms with van der Waals surface area (Å²) in [6.45, 7) is 6.24. The van der Waals surface area contributed by atoms with Crippen LogP contribution in [-0.2, 0) is 9.53 Å². The highest BCUT2D eigenvalue weighted by molar-refractivity contribution is 8.00. The Balaban J connectivity index is 2.72. The first kappa shape index (κ1) is 13.9. The molecule has 0 saturated carbocycles. The molecule has 0 N–H and O–H groups in total. The maximum Gasteiger partial charge on any atom is 0.316 e. The molecule has 0 aliphatic rings. The molecule has 0 saturated heterocycles. The fourth-order valence-corrected chi connectivity index (χ4v) is 2.38. The van der Waals surface area contributed by atoms with Crippen LogP contribution in [0.5, 0.6) is 5.75 Å². The third-order valence-electron chi connectivity index (χ3n) is 2.34. The molecule has 0 unspecified atom stereocenters. The van der Waals surface area contributed by atoms with Gasteiger partial charge in [0.1, 0.15) is 5.75 Å². The number of carbonyl (C=O) groups is 1. The Kier molecular flexibility index (Phi) is 5.35.